The van der Waals surface area contributed by atoms with Gasteiger partial charge in [0, 0.05) is 6.04 Å². The van der Waals surface area contributed by atoms with E-state index in [1.807, 2.05) is 0 Å². The van der Waals surface area contributed by atoms with Crippen molar-refractivity contribution in [2.45, 2.75) is 37.8 Å². The van der Waals surface area contributed by atoms with Crippen LogP contribution in [0.15, 0.2) is 24.3 Å². The van der Waals surface area contributed by atoms with Crippen molar-refractivity contribution in [2.75, 3.05) is 0 Å². The molecule has 2 aliphatic rings. The number of hydrogen-bond acceptors (Lipinski definition) is 2. The van der Waals surface area contributed by atoms with Crippen molar-refractivity contribution < 1.29 is 9.90 Å². The van der Waals surface area contributed by atoms with E-state index in [1.165, 1.54) is 11.1 Å². The summed E-state index contributed by atoms with van der Waals surface area (Å²) < 4.78 is 0. The third-order valence-electron chi connectivity index (χ3n) is 3.83. The summed E-state index contributed by atoms with van der Waals surface area (Å²) in [5.41, 5.74) is 2.73. The summed E-state index contributed by atoms with van der Waals surface area (Å²) >= 11 is 0. The van der Waals surface area contributed by atoms with Crippen LogP contribution in [0.3, 0.4) is 0 Å². The Morgan fingerprint density at radius 1 is 1.24 bits per heavy atom. The van der Waals surface area contributed by atoms with Gasteiger partial charge < -0.3 is 10.4 Å². The lowest BCUT2D eigenvalue weighted by Gasteiger charge is -2.18. The summed E-state index contributed by atoms with van der Waals surface area (Å²) in [6.07, 6.45) is 4.05. The van der Waals surface area contributed by atoms with Crippen LogP contribution < -0.4 is 5.32 Å². The molecule has 0 amide bonds. The zero-order valence-corrected chi connectivity index (χ0v) is 9.73. The summed E-state index contributed by atoms with van der Waals surface area (Å²) in [5, 5.41) is 12.5. The average Bonchev–Trinajstić information content (AvgIpc) is 3.05. The molecule has 0 saturated heterocycles. The first-order chi connectivity index (χ1) is 8.24. The van der Waals surface area contributed by atoms with Gasteiger partial charge in [-0.05, 0) is 42.7 Å². The topological polar surface area (TPSA) is 49.3 Å². The third-order valence-corrected chi connectivity index (χ3v) is 3.83. The smallest absolute Gasteiger partial charge is 0.320 e. The van der Waals surface area contributed by atoms with Crippen LogP contribution in [0.5, 0.6) is 0 Å². The second-order valence-corrected chi connectivity index (χ2v) is 5.19. The first-order valence-corrected chi connectivity index (χ1v) is 6.29. The lowest BCUT2D eigenvalue weighted by atomic mass is 10.1. The lowest BCUT2D eigenvalue weighted by Crippen LogP contribution is -2.45. The Kier molecular flexibility index (Phi) is 2.63. The van der Waals surface area contributed by atoms with Crippen LogP contribution in [0, 0.1) is 5.92 Å². The predicted octanol–water partition coefficient (Wildman–Crippen LogP) is 1.61. The van der Waals surface area contributed by atoms with Crippen molar-refractivity contribution in [3.05, 3.63) is 35.4 Å². The van der Waals surface area contributed by atoms with E-state index >= 15 is 0 Å². The van der Waals surface area contributed by atoms with Crippen LogP contribution in [0.2, 0.25) is 0 Å². The van der Waals surface area contributed by atoms with E-state index < -0.39 is 5.97 Å². The fraction of sp³-hybridized carbons (Fsp3) is 0.500. The zero-order valence-electron chi connectivity index (χ0n) is 9.73. The Hall–Kier alpha value is -1.35. The minimum atomic E-state index is -0.691. The second-order valence-electron chi connectivity index (χ2n) is 5.19. The fourth-order valence-corrected chi connectivity index (χ4v) is 2.77. The van der Waals surface area contributed by atoms with Crippen LogP contribution in [-0.4, -0.2) is 23.2 Å². The molecule has 2 aliphatic carbocycles. The molecule has 1 fully saturated rings. The Morgan fingerprint density at radius 2 is 1.82 bits per heavy atom. The highest BCUT2D eigenvalue weighted by molar-refractivity contribution is 5.74. The van der Waals surface area contributed by atoms with E-state index in [9.17, 15) is 9.90 Å². The Balaban J connectivity index is 1.66. The van der Waals surface area contributed by atoms with Gasteiger partial charge in [0.25, 0.3) is 0 Å². The highest BCUT2D eigenvalue weighted by Gasteiger charge is 2.38. The van der Waals surface area contributed by atoms with Gasteiger partial charge in [-0.2, -0.15) is 0 Å². The number of hydrogen-bond donors (Lipinski definition) is 2. The number of nitrogens with one attached hydrogen (secondary N) is 1. The van der Waals surface area contributed by atoms with Gasteiger partial charge in [-0.25, -0.2) is 0 Å². The molecule has 2 N–H and O–H groups in total. The Morgan fingerprint density at radius 3 is 2.29 bits per heavy atom. The van der Waals surface area contributed by atoms with E-state index in [-0.39, 0.29) is 6.04 Å². The maximum Gasteiger partial charge on any atom is 0.320 e. The maximum absolute atomic E-state index is 11.2. The first kappa shape index (κ1) is 10.8. The van der Waals surface area contributed by atoms with Gasteiger partial charge in [-0.3, -0.25) is 4.79 Å². The van der Waals surface area contributed by atoms with E-state index in [0.717, 1.165) is 25.7 Å². The number of carboxylic acids is 1. The molecule has 0 heterocycles. The van der Waals surface area contributed by atoms with Crippen LogP contribution in [-0.2, 0) is 17.6 Å². The molecular formula is C14H17NO2. The number of carbonyl (C=O) groups is 1. The van der Waals surface area contributed by atoms with Crippen molar-refractivity contribution in [3.8, 4) is 0 Å². The standard InChI is InChI=1S/C14H17NO2/c16-14(17)13(9-5-6-9)15-12-7-10-3-1-2-4-11(10)8-12/h1-4,9,12-13,15H,5-8H2,(H,16,17). The van der Waals surface area contributed by atoms with Crippen molar-refractivity contribution in [1.29, 1.82) is 0 Å². The monoisotopic (exact) mass is 231 g/mol. The summed E-state index contributed by atoms with van der Waals surface area (Å²) in [6.45, 7) is 0. The molecule has 0 aliphatic heterocycles. The Bertz CT molecular complexity index is 415. The molecule has 1 atom stereocenters. The molecule has 0 bridgehead atoms. The van der Waals surface area contributed by atoms with E-state index in [2.05, 4.69) is 29.6 Å². The molecule has 90 valence electrons. The molecular weight excluding hydrogens is 214 g/mol. The van der Waals surface area contributed by atoms with Gasteiger partial charge in [0.05, 0.1) is 0 Å². The molecule has 3 rings (SSSR count). The SMILES string of the molecule is O=C(O)C(NC1Cc2ccccc2C1)C1CC1. The number of benzene rings is 1. The molecule has 0 aromatic heterocycles. The van der Waals surface area contributed by atoms with E-state index in [4.69, 9.17) is 0 Å². The molecule has 17 heavy (non-hydrogen) atoms. The largest absolute Gasteiger partial charge is 0.480 e. The molecule has 3 heteroatoms. The maximum atomic E-state index is 11.2. The van der Waals surface area contributed by atoms with Gasteiger partial charge in [-0.15, -0.1) is 0 Å². The van der Waals surface area contributed by atoms with Crippen molar-refractivity contribution in [3.63, 3.8) is 0 Å². The summed E-state index contributed by atoms with van der Waals surface area (Å²) in [5.74, 6) is -0.334. The van der Waals surface area contributed by atoms with Gasteiger partial charge in [-0.1, -0.05) is 24.3 Å². The average molecular weight is 231 g/mol. The van der Waals surface area contributed by atoms with Crippen molar-refractivity contribution >= 4 is 5.97 Å². The van der Waals surface area contributed by atoms with Gasteiger partial charge >= 0.3 is 5.97 Å². The quantitative estimate of drug-likeness (QED) is 0.827. The molecule has 1 aromatic carbocycles. The second kappa shape index (κ2) is 4.15. The van der Waals surface area contributed by atoms with E-state index in [0.29, 0.717) is 12.0 Å². The van der Waals surface area contributed by atoms with Gasteiger partial charge in [0.2, 0.25) is 0 Å². The van der Waals surface area contributed by atoms with Gasteiger partial charge in [0.1, 0.15) is 6.04 Å². The summed E-state index contributed by atoms with van der Waals surface area (Å²) in [6, 6.07) is 8.35. The zero-order chi connectivity index (χ0) is 11.8. The minimum Gasteiger partial charge on any atom is -0.480 e. The first-order valence-electron chi connectivity index (χ1n) is 6.29. The molecule has 3 nitrogen and oxygen atoms in total. The highest BCUT2D eigenvalue weighted by Crippen LogP contribution is 2.34. The van der Waals surface area contributed by atoms with Crippen LogP contribution >= 0.6 is 0 Å². The van der Waals surface area contributed by atoms with Crippen LogP contribution in [0.25, 0.3) is 0 Å². The summed E-state index contributed by atoms with van der Waals surface area (Å²) in [4.78, 5) is 11.2. The summed E-state index contributed by atoms with van der Waals surface area (Å²) in [7, 11) is 0. The highest BCUT2D eigenvalue weighted by atomic mass is 16.4. The minimum absolute atomic E-state index is 0.300. The van der Waals surface area contributed by atoms with E-state index in [1.54, 1.807) is 0 Å². The third kappa shape index (κ3) is 2.20. The molecule has 1 saturated carbocycles. The van der Waals surface area contributed by atoms with Crippen LogP contribution in [0.4, 0.5) is 0 Å². The lowest BCUT2D eigenvalue weighted by molar-refractivity contribution is -0.140. The molecule has 1 aromatic rings. The number of fused-ring (bicyclic) bond motifs is 1. The molecule has 0 radical (unpaired) electrons. The normalized spacial score (nSPS) is 21.2. The van der Waals surface area contributed by atoms with Gasteiger partial charge in [0.15, 0.2) is 0 Å². The Labute approximate surface area is 101 Å². The van der Waals surface area contributed by atoms with Crippen molar-refractivity contribution in [2.24, 2.45) is 5.92 Å². The predicted molar refractivity (Wildman–Crippen MR) is 64.9 cm³/mol. The van der Waals surface area contributed by atoms with Crippen LogP contribution in [0.1, 0.15) is 24.0 Å². The molecule has 0 spiro atoms. The number of aliphatic carboxylic acids is 1. The fourth-order valence-electron chi connectivity index (χ4n) is 2.77. The number of rotatable bonds is 4. The molecule has 1 unspecified atom stereocenters. The number of carboxylic acid groups (broad SMARTS) is 1. The van der Waals surface area contributed by atoms with Crippen molar-refractivity contribution in [1.82, 2.24) is 5.32 Å².